The molecule has 3 aromatic rings. The maximum atomic E-state index is 8.93. The second-order valence-corrected chi connectivity index (χ2v) is 5.23. The van der Waals surface area contributed by atoms with Gasteiger partial charge in [-0.3, -0.25) is 4.98 Å². The Labute approximate surface area is 124 Å². The van der Waals surface area contributed by atoms with Crippen molar-refractivity contribution in [2.45, 2.75) is 26.2 Å². The first-order valence-corrected chi connectivity index (χ1v) is 7.15. The molecule has 104 valence electrons. The van der Waals surface area contributed by atoms with Crippen LogP contribution in [0.3, 0.4) is 0 Å². The fourth-order valence-electron chi connectivity index (χ4n) is 2.82. The molecule has 21 heavy (non-hydrogen) atoms. The van der Waals surface area contributed by atoms with Crippen LogP contribution >= 0.6 is 0 Å². The zero-order valence-corrected chi connectivity index (χ0v) is 12.1. The van der Waals surface area contributed by atoms with Crippen LogP contribution in [0.2, 0.25) is 0 Å². The third kappa shape index (κ3) is 2.66. The Morgan fingerprint density at radius 2 is 2.00 bits per heavy atom. The predicted molar refractivity (Wildman–Crippen MR) is 83.1 cm³/mol. The number of aromatic nitrogens is 2. The minimum atomic E-state index is 0.428. The van der Waals surface area contributed by atoms with E-state index in [0.29, 0.717) is 6.42 Å². The molecule has 2 aromatic heterocycles. The Balaban J connectivity index is 1.94. The van der Waals surface area contributed by atoms with E-state index in [-0.39, 0.29) is 0 Å². The number of nitriles is 1. The Bertz CT molecular complexity index is 794. The Hall–Kier alpha value is -2.60. The van der Waals surface area contributed by atoms with Crippen LogP contribution in [-0.2, 0) is 19.3 Å². The zero-order valence-electron chi connectivity index (χ0n) is 12.1. The number of hydrogen-bond donors (Lipinski definition) is 0. The van der Waals surface area contributed by atoms with Crippen molar-refractivity contribution >= 4 is 5.52 Å². The molecule has 2 heterocycles. The minimum absolute atomic E-state index is 0.428. The van der Waals surface area contributed by atoms with Crippen LogP contribution in [0.25, 0.3) is 5.52 Å². The molecule has 0 amide bonds. The van der Waals surface area contributed by atoms with Gasteiger partial charge >= 0.3 is 0 Å². The molecule has 0 aliphatic rings. The quantitative estimate of drug-likeness (QED) is 0.731. The molecule has 0 spiro atoms. The van der Waals surface area contributed by atoms with Gasteiger partial charge in [0.25, 0.3) is 0 Å². The molecule has 3 nitrogen and oxygen atoms in total. The van der Waals surface area contributed by atoms with Gasteiger partial charge in [0.05, 0.1) is 23.7 Å². The molecule has 0 aliphatic carbocycles. The summed E-state index contributed by atoms with van der Waals surface area (Å²) in [5.41, 5.74) is 5.80. The molecule has 3 heteroatoms. The van der Waals surface area contributed by atoms with E-state index in [1.807, 2.05) is 18.5 Å². The summed E-state index contributed by atoms with van der Waals surface area (Å²) in [5, 5.41) is 8.93. The standard InChI is InChI=1S/C18H17N3/c1-14-13-16(9-10-19)21-12-11-20-17(18(14)21)8-7-15-5-3-2-4-6-15/h2-6,11-13H,7-9H2,1H3. The monoisotopic (exact) mass is 275 g/mol. The molecule has 0 bridgehead atoms. The summed E-state index contributed by atoms with van der Waals surface area (Å²) < 4.78 is 2.10. The third-order valence-corrected chi connectivity index (χ3v) is 3.78. The van der Waals surface area contributed by atoms with Crippen molar-refractivity contribution in [3.05, 3.63) is 71.3 Å². The first kappa shape index (κ1) is 13.4. The molecule has 0 radical (unpaired) electrons. The largest absolute Gasteiger partial charge is 0.316 e. The fourth-order valence-corrected chi connectivity index (χ4v) is 2.82. The summed E-state index contributed by atoms with van der Waals surface area (Å²) in [6.07, 6.45) is 6.09. The highest BCUT2D eigenvalue weighted by atomic mass is 14.9. The van der Waals surface area contributed by atoms with Crippen LogP contribution < -0.4 is 0 Å². The summed E-state index contributed by atoms with van der Waals surface area (Å²) in [6, 6.07) is 14.8. The first-order chi connectivity index (χ1) is 10.3. The normalized spacial score (nSPS) is 10.7. The molecule has 0 saturated heterocycles. The van der Waals surface area contributed by atoms with Crippen molar-refractivity contribution < 1.29 is 0 Å². The number of fused-ring (bicyclic) bond motifs is 1. The Morgan fingerprint density at radius 3 is 2.76 bits per heavy atom. The van der Waals surface area contributed by atoms with Crippen LogP contribution in [0.1, 0.15) is 22.5 Å². The second-order valence-electron chi connectivity index (χ2n) is 5.23. The van der Waals surface area contributed by atoms with Gasteiger partial charge in [-0.05, 0) is 37.0 Å². The lowest BCUT2D eigenvalue weighted by molar-refractivity contribution is 0.899. The van der Waals surface area contributed by atoms with E-state index in [1.165, 1.54) is 11.1 Å². The molecule has 3 rings (SSSR count). The zero-order chi connectivity index (χ0) is 14.7. The molecule has 0 fully saturated rings. The minimum Gasteiger partial charge on any atom is -0.316 e. The van der Waals surface area contributed by atoms with Gasteiger partial charge in [0.1, 0.15) is 0 Å². The average molecular weight is 275 g/mol. The maximum Gasteiger partial charge on any atom is 0.0758 e. The average Bonchev–Trinajstić information content (AvgIpc) is 2.84. The van der Waals surface area contributed by atoms with Gasteiger partial charge in [-0.15, -0.1) is 0 Å². The lowest BCUT2D eigenvalue weighted by atomic mass is 10.1. The van der Waals surface area contributed by atoms with Gasteiger partial charge in [-0.25, -0.2) is 0 Å². The number of hydrogen-bond acceptors (Lipinski definition) is 2. The van der Waals surface area contributed by atoms with Gasteiger partial charge in [0.2, 0.25) is 0 Å². The smallest absolute Gasteiger partial charge is 0.0758 e. The van der Waals surface area contributed by atoms with Crippen LogP contribution in [0.15, 0.2) is 48.8 Å². The number of rotatable bonds is 4. The SMILES string of the molecule is Cc1cc(CC#N)n2ccnc(CCc3ccccc3)c12. The van der Waals surface area contributed by atoms with Gasteiger partial charge in [0.15, 0.2) is 0 Å². The van der Waals surface area contributed by atoms with Crippen molar-refractivity contribution in [1.82, 2.24) is 9.38 Å². The van der Waals surface area contributed by atoms with Gasteiger partial charge in [0, 0.05) is 18.1 Å². The summed E-state index contributed by atoms with van der Waals surface area (Å²) >= 11 is 0. The van der Waals surface area contributed by atoms with Crippen LogP contribution in [0.4, 0.5) is 0 Å². The van der Waals surface area contributed by atoms with Crippen molar-refractivity contribution in [1.29, 1.82) is 5.26 Å². The highest BCUT2D eigenvalue weighted by Gasteiger charge is 2.10. The van der Waals surface area contributed by atoms with Crippen molar-refractivity contribution in [2.75, 3.05) is 0 Å². The van der Waals surface area contributed by atoms with E-state index in [0.717, 1.165) is 29.7 Å². The molecule has 0 atom stereocenters. The highest BCUT2D eigenvalue weighted by Crippen LogP contribution is 2.20. The van der Waals surface area contributed by atoms with Crippen LogP contribution in [0.5, 0.6) is 0 Å². The molecule has 0 saturated carbocycles. The summed E-state index contributed by atoms with van der Waals surface area (Å²) in [5.74, 6) is 0. The topological polar surface area (TPSA) is 41.1 Å². The van der Waals surface area contributed by atoms with Gasteiger partial charge < -0.3 is 4.40 Å². The maximum absolute atomic E-state index is 8.93. The van der Waals surface area contributed by atoms with E-state index in [9.17, 15) is 0 Å². The number of benzene rings is 1. The molecule has 1 aromatic carbocycles. The summed E-state index contributed by atoms with van der Waals surface area (Å²) in [4.78, 5) is 4.55. The first-order valence-electron chi connectivity index (χ1n) is 7.15. The molecule has 0 unspecified atom stereocenters. The second kappa shape index (κ2) is 5.80. The van der Waals surface area contributed by atoms with Gasteiger partial charge in [-0.2, -0.15) is 5.26 Å². The van der Waals surface area contributed by atoms with E-state index < -0.39 is 0 Å². The van der Waals surface area contributed by atoms with E-state index >= 15 is 0 Å². The lowest BCUT2D eigenvalue weighted by Gasteiger charge is -2.06. The van der Waals surface area contributed by atoms with Crippen molar-refractivity contribution in [3.63, 3.8) is 0 Å². The Kier molecular flexibility index (Phi) is 3.70. The van der Waals surface area contributed by atoms with Crippen molar-refractivity contribution in [2.24, 2.45) is 0 Å². The number of nitrogens with zero attached hydrogens (tertiary/aromatic N) is 3. The molecule has 0 N–H and O–H groups in total. The van der Waals surface area contributed by atoms with Crippen molar-refractivity contribution in [3.8, 4) is 6.07 Å². The third-order valence-electron chi connectivity index (χ3n) is 3.78. The Morgan fingerprint density at radius 1 is 1.19 bits per heavy atom. The predicted octanol–water partition coefficient (Wildman–Crippen LogP) is 3.49. The van der Waals surface area contributed by atoms with Gasteiger partial charge in [-0.1, -0.05) is 30.3 Å². The highest BCUT2D eigenvalue weighted by molar-refractivity contribution is 5.61. The molecule has 0 aliphatic heterocycles. The fraction of sp³-hybridized carbons (Fsp3) is 0.222. The molecular formula is C18H17N3. The number of aryl methyl sites for hydroxylation is 3. The lowest BCUT2D eigenvalue weighted by Crippen LogP contribution is -2.00. The van der Waals surface area contributed by atoms with E-state index in [1.54, 1.807) is 0 Å². The molecular weight excluding hydrogens is 258 g/mol. The van der Waals surface area contributed by atoms with Crippen LogP contribution in [0, 0.1) is 18.3 Å². The van der Waals surface area contributed by atoms with E-state index in [4.69, 9.17) is 5.26 Å². The summed E-state index contributed by atoms with van der Waals surface area (Å²) in [7, 11) is 0. The van der Waals surface area contributed by atoms with Crippen LogP contribution in [-0.4, -0.2) is 9.38 Å². The summed E-state index contributed by atoms with van der Waals surface area (Å²) in [6.45, 7) is 2.09. The van der Waals surface area contributed by atoms with E-state index in [2.05, 4.69) is 52.7 Å².